The van der Waals surface area contributed by atoms with Crippen LogP contribution in [0.3, 0.4) is 0 Å². The molecule has 0 saturated heterocycles. The van der Waals surface area contributed by atoms with Crippen molar-refractivity contribution in [2.75, 3.05) is 12.4 Å². The van der Waals surface area contributed by atoms with E-state index in [2.05, 4.69) is 39.1 Å². The van der Waals surface area contributed by atoms with Gasteiger partial charge in [0.25, 0.3) is 0 Å². The summed E-state index contributed by atoms with van der Waals surface area (Å²) in [7, 11) is 1.68. The number of hydrogen-bond donors (Lipinski definition) is 2. The highest BCUT2D eigenvalue weighted by Gasteiger charge is 2.20. The monoisotopic (exact) mass is 402 g/mol. The second-order valence-electron chi connectivity index (χ2n) is 7.19. The zero-order chi connectivity index (χ0) is 21.1. The Morgan fingerprint density at radius 3 is 2.63 bits per heavy atom. The molecule has 0 saturated carbocycles. The number of carbonyl (C=O) groups excluding carboxylic acids is 1. The highest BCUT2D eigenvalue weighted by molar-refractivity contribution is 5.96. The van der Waals surface area contributed by atoms with Crippen LogP contribution in [-0.4, -0.2) is 27.8 Å². The van der Waals surface area contributed by atoms with E-state index in [-0.39, 0.29) is 11.8 Å². The molecule has 6 nitrogen and oxygen atoms in total. The topological polar surface area (TPSA) is 71.9 Å². The van der Waals surface area contributed by atoms with Crippen molar-refractivity contribution < 1.29 is 9.53 Å². The molecule has 0 fully saturated rings. The number of nitrogens with one attached hydrogen (secondary N) is 2. The highest BCUT2D eigenvalue weighted by atomic mass is 16.5. The zero-order valence-electron chi connectivity index (χ0n) is 17.5. The fraction of sp³-hybridized carbons (Fsp3) is 0.250. The van der Waals surface area contributed by atoms with Crippen LogP contribution in [-0.2, 0) is 11.3 Å². The number of methoxy groups -OCH3 is 1. The Labute approximate surface area is 175 Å². The van der Waals surface area contributed by atoms with Crippen molar-refractivity contribution in [3.8, 4) is 17.1 Å². The second-order valence-corrected chi connectivity index (χ2v) is 7.19. The van der Waals surface area contributed by atoms with Gasteiger partial charge in [0.05, 0.1) is 29.9 Å². The smallest absolute Gasteiger partial charge is 0.233 e. The van der Waals surface area contributed by atoms with Gasteiger partial charge in [-0.2, -0.15) is 5.10 Å². The van der Waals surface area contributed by atoms with Crippen LogP contribution in [0.25, 0.3) is 22.3 Å². The molecule has 1 amide bonds. The van der Waals surface area contributed by atoms with Crippen LogP contribution in [0.2, 0.25) is 0 Å². The summed E-state index contributed by atoms with van der Waals surface area (Å²) >= 11 is 0. The lowest BCUT2D eigenvalue weighted by molar-refractivity contribution is -0.117. The Kier molecular flexibility index (Phi) is 5.57. The highest BCUT2D eigenvalue weighted by Crippen LogP contribution is 2.33. The average molecular weight is 402 g/mol. The molecule has 6 heteroatoms. The van der Waals surface area contributed by atoms with Gasteiger partial charge in [-0.3, -0.25) is 9.89 Å². The Balaban J connectivity index is 1.62. The van der Waals surface area contributed by atoms with Crippen LogP contribution in [0.4, 0.5) is 5.82 Å². The maximum absolute atomic E-state index is 12.9. The number of hydrogen-bond acceptors (Lipinski definition) is 3. The van der Waals surface area contributed by atoms with Crippen LogP contribution in [0.15, 0.2) is 60.7 Å². The summed E-state index contributed by atoms with van der Waals surface area (Å²) in [5, 5.41) is 11.4. The molecule has 4 aromatic rings. The van der Waals surface area contributed by atoms with Crippen molar-refractivity contribution in [3.05, 3.63) is 66.2 Å². The molecular weight excluding hydrogens is 376 g/mol. The molecule has 0 unspecified atom stereocenters. The molecule has 0 aliphatic rings. The second kappa shape index (κ2) is 8.45. The van der Waals surface area contributed by atoms with Crippen LogP contribution in [0.5, 0.6) is 5.75 Å². The minimum absolute atomic E-state index is 0.0561. The summed E-state index contributed by atoms with van der Waals surface area (Å²) in [5.41, 5.74) is 3.95. The molecule has 0 bridgehead atoms. The minimum atomic E-state index is -0.210. The van der Waals surface area contributed by atoms with E-state index >= 15 is 0 Å². The number of carbonyl (C=O) groups is 1. The van der Waals surface area contributed by atoms with Gasteiger partial charge in [-0.25, -0.2) is 0 Å². The van der Waals surface area contributed by atoms with E-state index in [1.54, 1.807) is 7.11 Å². The fourth-order valence-electron chi connectivity index (χ4n) is 3.99. The fourth-order valence-corrected chi connectivity index (χ4v) is 3.99. The normalized spacial score (nSPS) is 12.1. The Hall–Kier alpha value is -3.54. The third-order valence-electron chi connectivity index (χ3n) is 5.47. The van der Waals surface area contributed by atoms with E-state index in [1.165, 1.54) is 0 Å². The zero-order valence-corrected chi connectivity index (χ0v) is 17.5. The maximum Gasteiger partial charge on any atom is 0.233 e. The van der Waals surface area contributed by atoms with Crippen molar-refractivity contribution in [2.45, 2.75) is 32.7 Å². The molecular formula is C24H26N4O2. The lowest BCUT2D eigenvalue weighted by Gasteiger charge is -2.14. The number of aromatic nitrogens is 3. The van der Waals surface area contributed by atoms with E-state index in [1.807, 2.05) is 55.5 Å². The molecule has 0 radical (unpaired) electrons. The summed E-state index contributed by atoms with van der Waals surface area (Å²) in [6.07, 6.45) is 0.719. The van der Waals surface area contributed by atoms with Crippen LogP contribution < -0.4 is 10.1 Å². The Morgan fingerprint density at radius 1 is 1.13 bits per heavy atom. The predicted molar refractivity (Wildman–Crippen MR) is 120 cm³/mol. The summed E-state index contributed by atoms with van der Waals surface area (Å²) in [6.45, 7) is 4.92. The molecule has 0 aliphatic heterocycles. The van der Waals surface area contributed by atoms with Crippen LogP contribution >= 0.6 is 0 Å². The molecule has 2 heterocycles. The van der Waals surface area contributed by atoms with Crippen molar-refractivity contribution in [1.29, 1.82) is 0 Å². The number of fused-ring (bicyclic) bond motifs is 1. The van der Waals surface area contributed by atoms with Crippen LogP contribution in [0, 0.1) is 0 Å². The first-order valence-corrected chi connectivity index (χ1v) is 10.2. The van der Waals surface area contributed by atoms with Gasteiger partial charge in [0.2, 0.25) is 5.91 Å². The lowest BCUT2D eigenvalue weighted by Crippen LogP contribution is -2.20. The molecule has 2 aromatic heterocycles. The first kappa shape index (κ1) is 19.8. The quantitative estimate of drug-likeness (QED) is 0.447. The van der Waals surface area contributed by atoms with Crippen molar-refractivity contribution in [2.24, 2.45) is 0 Å². The Bertz CT molecular complexity index is 1160. The molecule has 4 rings (SSSR count). The summed E-state index contributed by atoms with van der Waals surface area (Å²) in [6, 6.07) is 19.8. The molecule has 1 atom stereocenters. The summed E-state index contributed by atoms with van der Waals surface area (Å²) in [5.74, 6) is 1.09. The molecule has 2 aromatic carbocycles. The average Bonchev–Trinajstić information content (AvgIpc) is 3.38. The van der Waals surface area contributed by atoms with Crippen molar-refractivity contribution >= 4 is 22.6 Å². The van der Waals surface area contributed by atoms with Crippen molar-refractivity contribution in [1.82, 2.24) is 14.8 Å². The third kappa shape index (κ3) is 3.56. The lowest BCUT2D eigenvalue weighted by atomic mass is 9.96. The van der Waals surface area contributed by atoms with Gasteiger partial charge in [0.1, 0.15) is 5.75 Å². The molecule has 2 N–H and O–H groups in total. The summed E-state index contributed by atoms with van der Waals surface area (Å²) in [4.78, 5) is 12.9. The van der Waals surface area contributed by atoms with E-state index < -0.39 is 0 Å². The number of aryl methyl sites for hydroxylation is 1. The van der Waals surface area contributed by atoms with E-state index in [0.29, 0.717) is 5.82 Å². The number of benzene rings is 2. The first-order chi connectivity index (χ1) is 14.7. The molecule has 0 spiro atoms. The van der Waals surface area contributed by atoms with Gasteiger partial charge < -0.3 is 14.6 Å². The van der Waals surface area contributed by atoms with E-state index in [4.69, 9.17) is 4.74 Å². The van der Waals surface area contributed by atoms with Gasteiger partial charge in [-0.05, 0) is 37.1 Å². The summed E-state index contributed by atoms with van der Waals surface area (Å²) < 4.78 is 7.72. The number of anilines is 1. The molecule has 0 aliphatic carbocycles. The van der Waals surface area contributed by atoms with Gasteiger partial charge in [-0.1, -0.05) is 43.3 Å². The number of amides is 1. The van der Waals surface area contributed by atoms with Crippen molar-refractivity contribution in [3.63, 3.8) is 0 Å². The van der Waals surface area contributed by atoms with Gasteiger partial charge in [-0.15, -0.1) is 0 Å². The number of H-pyrrole nitrogens is 1. The SMILES string of the molecule is CC[C@@H](C(=O)Nc1cc(-c2cc3c(OC)cccc3n2CC)[nH]n1)c1ccccc1. The van der Waals surface area contributed by atoms with Crippen LogP contribution in [0.1, 0.15) is 31.7 Å². The standard InChI is InChI=1S/C24H26N4O2/c1-4-17(16-10-7-6-8-11-16)24(29)25-23-15-19(26-27-23)21-14-18-20(28(21)5-2)12-9-13-22(18)30-3/h6-15,17H,4-5H2,1-3H3,(H2,25,26,27,29)/t17-/m1/s1. The third-order valence-corrected chi connectivity index (χ3v) is 5.47. The number of rotatable bonds is 7. The largest absolute Gasteiger partial charge is 0.496 e. The minimum Gasteiger partial charge on any atom is -0.496 e. The number of aromatic amines is 1. The van der Waals surface area contributed by atoms with Gasteiger partial charge >= 0.3 is 0 Å². The van der Waals surface area contributed by atoms with Gasteiger partial charge in [0, 0.05) is 18.0 Å². The maximum atomic E-state index is 12.9. The Morgan fingerprint density at radius 2 is 1.93 bits per heavy atom. The van der Waals surface area contributed by atoms with E-state index in [9.17, 15) is 4.79 Å². The van der Waals surface area contributed by atoms with Gasteiger partial charge in [0.15, 0.2) is 5.82 Å². The van der Waals surface area contributed by atoms with E-state index in [0.717, 1.165) is 46.6 Å². The first-order valence-electron chi connectivity index (χ1n) is 10.2. The molecule has 154 valence electrons. The molecule has 30 heavy (non-hydrogen) atoms. The number of ether oxygens (including phenoxy) is 1. The number of nitrogens with zero attached hydrogens (tertiary/aromatic N) is 2. The predicted octanol–water partition coefficient (Wildman–Crippen LogP) is 5.19.